The molecule has 1 aromatic carbocycles. The molecule has 246 valence electrons. The van der Waals surface area contributed by atoms with Crippen molar-refractivity contribution in [3.05, 3.63) is 40.5 Å². The van der Waals surface area contributed by atoms with Gasteiger partial charge in [0.25, 0.3) is 5.91 Å². The van der Waals surface area contributed by atoms with Gasteiger partial charge in [0.2, 0.25) is 0 Å². The molecular formula is C32H44FN5O6S. The van der Waals surface area contributed by atoms with Crippen molar-refractivity contribution < 1.29 is 31.9 Å². The van der Waals surface area contributed by atoms with Gasteiger partial charge < -0.3 is 30.4 Å². The number of fused-ring (bicyclic) bond motifs is 3. The molecule has 6 rings (SSSR count). The number of halogens is 1. The molecule has 11 nitrogen and oxygen atoms in total. The summed E-state index contributed by atoms with van der Waals surface area (Å²) in [5.41, 5.74) is 8.17. The van der Waals surface area contributed by atoms with E-state index in [0.717, 1.165) is 37.3 Å². The second-order valence-electron chi connectivity index (χ2n) is 13.6. The number of benzene rings is 1. The van der Waals surface area contributed by atoms with Crippen LogP contribution in [0.1, 0.15) is 73.3 Å². The Balaban J connectivity index is 1.17. The van der Waals surface area contributed by atoms with Crippen LogP contribution in [0.5, 0.6) is 0 Å². The average molecular weight is 646 g/mol. The molecule has 2 aliphatic heterocycles. The number of carbonyl (C=O) groups is 2. The molecule has 1 aromatic heterocycles. The molecule has 1 saturated carbocycles. The van der Waals surface area contributed by atoms with Crippen molar-refractivity contribution in [3.63, 3.8) is 0 Å². The molecule has 1 saturated heterocycles. The Morgan fingerprint density at radius 2 is 1.84 bits per heavy atom. The molecule has 4 N–H and O–H groups in total. The van der Waals surface area contributed by atoms with E-state index in [1.54, 1.807) is 6.07 Å². The van der Waals surface area contributed by atoms with E-state index in [4.69, 9.17) is 15.2 Å². The van der Waals surface area contributed by atoms with Crippen molar-refractivity contribution >= 4 is 27.5 Å². The number of alkyl carbamates (subject to hydrolysis) is 1. The van der Waals surface area contributed by atoms with Crippen LogP contribution in [-0.4, -0.2) is 87.2 Å². The number of anilines is 1. The van der Waals surface area contributed by atoms with Gasteiger partial charge in [-0.1, -0.05) is 13.8 Å². The summed E-state index contributed by atoms with van der Waals surface area (Å²) in [7, 11) is -3.50. The summed E-state index contributed by atoms with van der Waals surface area (Å²) in [6.07, 6.45) is 4.62. The van der Waals surface area contributed by atoms with Gasteiger partial charge in [-0.3, -0.25) is 9.69 Å². The number of nitrogens with two attached hydrogens (primary N) is 1. The quantitative estimate of drug-likeness (QED) is 0.397. The number of primary amides is 1. The molecule has 0 atom stereocenters. The monoisotopic (exact) mass is 645 g/mol. The van der Waals surface area contributed by atoms with E-state index >= 15 is 4.39 Å². The zero-order valence-corrected chi connectivity index (χ0v) is 26.9. The van der Waals surface area contributed by atoms with Crippen LogP contribution in [0.25, 0.3) is 5.69 Å². The highest BCUT2D eigenvalue weighted by atomic mass is 32.2. The third kappa shape index (κ3) is 6.71. The van der Waals surface area contributed by atoms with Crippen LogP contribution in [0.15, 0.2) is 17.0 Å². The Morgan fingerprint density at radius 3 is 2.56 bits per heavy atom. The topological polar surface area (TPSA) is 145 Å². The molecule has 2 aliphatic carbocycles. The number of aromatic nitrogens is 1. The third-order valence-corrected chi connectivity index (χ3v) is 11.8. The molecular weight excluding hydrogens is 601 g/mol. The van der Waals surface area contributed by atoms with Gasteiger partial charge in [-0.05, 0) is 74.5 Å². The highest BCUT2D eigenvalue weighted by Gasteiger charge is 2.42. The number of morpholine rings is 1. The number of ether oxygens (including phenoxy) is 2. The van der Waals surface area contributed by atoms with Crippen molar-refractivity contribution in [1.29, 1.82) is 0 Å². The number of sulfone groups is 1. The fourth-order valence-corrected chi connectivity index (χ4v) is 9.94. The van der Waals surface area contributed by atoms with E-state index in [1.807, 2.05) is 18.4 Å². The number of hydrogen-bond donors (Lipinski definition) is 3. The maximum absolute atomic E-state index is 15.7. The lowest BCUT2D eigenvalue weighted by Gasteiger charge is -2.32. The van der Waals surface area contributed by atoms with Gasteiger partial charge in [-0.15, -0.1) is 0 Å². The van der Waals surface area contributed by atoms with E-state index in [2.05, 4.69) is 15.5 Å². The van der Waals surface area contributed by atoms with Gasteiger partial charge in [0.1, 0.15) is 11.9 Å². The molecule has 4 aliphatic rings. The van der Waals surface area contributed by atoms with Crippen LogP contribution in [0.4, 0.5) is 14.9 Å². The number of hydrogen-bond acceptors (Lipinski definition) is 8. The smallest absolute Gasteiger partial charge is 0.407 e. The van der Waals surface area contributed by atoms with E-state index in [0.29, 0.717) is 81.0 Å². The van der Waals surface area contributed by atoms with Crippen molar-refractivity contribution in [1.82, 2.24) is 14.8 Å². The molecule has 13 heteroatoms. The standard InChI is InChI=1S/C32H44FN5O6S/c1-32(2)18-27-29(45(41,42)19-32)23-4-3-5-26(23)38(27)21-16-24(33)28(30(34)39)25(17-21)36-20-6-8-22(9-7-20)44-31(40)35-10-11-37-12-14-43-15-13-37/h16-17,20,22,36H,3-15,18-19H2,1-2H3,(H2,34,39)(H,35,40). The van der Waals surface area contributed by atoms with E-state index in [1.165, 1.54) is 6.07 Å². The fourth-order valence-electron chi connectivity index (χ4n) is 7.55. The molecule has 2 aromatic rings. The minimum absolute atomic E-state index is 0.0771. The Morgan fingerprint density at radius 1 is 1.11 bits per heavy atom. The van der Waals surface area contributed by atoms with E-state index < -0.39 is 33.1 Å². The Labute approximate surface area is 263 Å². The van der Waals surface area contributed by atoms with Crippen molar-refractivity contribution in [2.75, 3.05) is 50.5 Å². The predicted octanol–water partition coefficient (Wildman–Crippen LogP) is 3.34. The van der Waals surface area contributed by atoms with Crippen molar-refractivity contribution in [2.24, 2.45) is 11.1 Å². The summed E-state index contributed by atoms with van der Waals surface area (Å²) in [5, 5.41) is 6.19. The second kappa shape index (κ2) is 12.6. The predicted molar refractivity (Wildman–Crippen MR) is 167 cm³/mol. The number of carbonyl (C=O) groups excluding carboxylic acids is 2. The maximum Gasteiger partial charge on any atom is 0.407 e. The zero-order chi connectivity index (χ0) is 31.9. The molecule has 2 amide bonds. The number of nitrogens with one attached hydrogen (secondary N) is 2. The summed E-state index contributed by atoms with van der Waals surface area (Å²) in [6.45, 7) is 8.25. The van der Waals surface area contributed by atoms with Crippen LogP contribution in [0, 0.1) is 11.2 Å². The van der Waals surface area contributed by atoms with E-state index in [-0.39, 0.29) is 29.1 Å². The maximum atomic E-state index is 15.7. The van der Waals surface area contributed by atoms with Crippen LogP contribution in [-0.2, 0) is 38.6 Å². The third-order valence-electron chi connectivity index (χ3n) is 9.49. The number of rotatable bonds is 8. The van der Waals surface area contributed by atoms with E-state index in [9.17, 15) is 18.0 Å². The SMILES string of the molecule is CC1(C)Cc2c(c3c(n2-c2cc(F)c(C(N)=O)c(NC4CCC(OC(=O)NCCN5CCOCC5)CC4)c2)CCC3)S(=O)(=O)C1. The van der Waals surface area contributed by atoms with Crippen LogP contribution >= 0.6 is 0 Å². The lowest BCUT2D eigenvalue weighted by Crippen LogP contribution is -2.42. The minimum atomic E-state index is -3.50. The van der Waals surface area contributed by atoms with Crippen molar-refractivity contribution in [3.8, 4) is 5.69 Å². The van der Waals surface area contributed by atoms with Gasteiger partial charge in [0.15, 0.2) is 9.84 Å². The second-order valence-corrected chi connectivity index (χ2v) is 15.5. The summed E-state index contributed by atoms with van der Waals surface area (Å²) in [5.74, 6) is -1.55. The average Bonchev–Trinajstić information content (AvgIpc) is 3.53. The first kappa shape index (κ1) is 31.8. The largest absolute Gasteiger partial charge is 0.446 e. The van der Waals surface area contributed by atoms with Gasteiger partial charge in [0, 0.05) is 43.6 Å². The molecule has 0 bridgehead atoms. The molecule has 2 fully saturated rings. The lowest BCUT2D eigenvalue weighted by atomic mass is 9.89. The summed E-state index contributed by atoms with van der Waals surface area (Å²) >= 11 is 0. The molecule has 0 spiro atoms. The first-order valence-electron chi connectivity index (χ1n) is 16.0. The molecule has 0 unspecified atom stereocenters. The summed E-state index contributed by atoms with van der Waals surface area (Å²) in [6, 6.07) is 2.92. The molecule has 0 radical (unpaired) electrons. The van der Waals surface area contributed by atoms with Crippen LogP contribution < -0.4 is 16.4 Å². The normalized spacial score (nSPS) is 24.0. The Kier molecular flexibility index (Phi) is 8.88. The number of amides is 2. The highest BCUT2D eigenvalue weighted by Crippen LogP contribution is 2.45. The minimum Gasteiger partial charge on any atom is -0.446 e. The summed E-state index contributed by atoms with van der Waals surface area (Å²) < 4.78 is 55.5. The first-order valence-corrected chi connectivity index (χ1v) is 17.7. The Hall–Kier alpha value is -3.16. The molecule has 45 heavy (non-hydrogen) atoms. The zero-order valence-electron chi connectivity index (χ0n) is 26.1. The van der Waals surface area contributed by atoms with Gasteiger partial charge in [-0.25, -0.2) is 17.6 Å². The van der Waals surface area contributed by atoms with Gasteiger partial charge in [-0.2, -0.15) is 0 Å². The highest BCUT2D eigenvalue weighted by molar-refractivity contribution is 7.91. The van der Waals surface area contributed by atoms with Gasteiger partial charge in [0.05, 0.1) is 40.8 Å². The summed E-state index contributed by atoms with van der Waals surface area (Å²) in [4.78, 5) is 27.4. The molecule has 3 heterocycles. The van der Waals surface area contributed by atoms with Crippen molar-refractivity contribution in [2.45, 2.75) is 82.3 Å². The lowest BCUT2D eigenvalue weighted by molar-refractivity contribution is 0.0372. The fraction of sp³-hybridized carbons (Fsp3) is 0.625. The number of nitrogens with zero attached hydrogens (tertiary/aromatic N) is 2. The Bertz CT molecular complexity index is 1570. The van der Waals surface area contributed by atoms with Gasteiger partial charge >= 0.3 is 6.09 Å². The van der Waals surface area contributed by atoms with Crippen LogP contribution in [0.2, 0.25) is 0 Å². The van der Waals surface area contributed by atoms with Crippen LogP contribution in [0.3, 0.4) is 0 Å². The first-order chi connectivity index (χ1) is 21.4.